The summed E-state index contributed by atoms with van der Waals surface area (Å²) in [5.41, 5.74) is -0.588. The Bertz CT molecular complexity index is 688. The van der Waals surface area contributed by atoms with Crippen LogP contribution < -0.4 is 4.72 Å². The summed E-state index contributed by atoms with van der Waals surface area (Å²) in [5.74, 6) is -1.39. The molecule has 0 aliphatic heterocycles. The van der Waals surface area contributed by atoms with Gasteiger partial charge in [-0.15, -0.1) is 6.58 Å². The number of nitrogens with zero attached hydrogens (tertiary/aromatic N) is 1. The molecule has 1 aromatic rings. The van der Waals surface area contributed by atoms with Crippen molar-refractivity contribution in [2.75, 3.05) is 0 Å². The fourth-order valence-corrected chi connectivity index (χ4v) is 2.83. The Kier molecular flexibility index (Phi) is 5.41. The summed E-state index contributed by atoms with van der Waals surface area (Å²) in [5, 5.41) is 19.4. The number of carboxylic acid groups (broad SMARTS) is 1. The second-order valence-corrected chi connectivity index (χ2v) is 6.03. The van der Waals surface area contributed by atoms with Gasteiger partial charge in [0.15, 0.2) is 0 Å². The molecular formula is C11H11ClN2O6S. The molecule has 0 bridgehead atoms. The lowest BCUT2D eigenvalue weighted by molar-refractivity contribution is -0.384. The standard InChI is InChI=1S/C11H11ClN2O6S/c1-2-3-9(11(15)16)13-21(19,20)7-4-5-8(12)10(6-7)14(17)18/h2,4-6,9,13H,1,3H2,(H,15,16). The molecular weight excluding hydrogens is 324 g/mol. The molecule has 1 unspecified atom stereocenters. The maximum Gasteiger partial charge on any atom is 0.322 e. The molecule has 21 heavy (non-hydrogen) atoms. The maximum atomic E-state index is 12.0. The number of rotatable bonds is 7. The summed E-state index contributed by atoms with van der Waals surface area (Å²) in [6.45, 7) is 3.33. The highest BCUT2D eigenvalue weighted by atomic mass is 35.5. The summed E-state index contributed by atoms with van der Waals surface area (Å²) in [6.07, 6.45) is 1.11. The largest absolute Gasteiger partial charge is 0.480 e. The molecule has 1 rings (SSSR count). The minimum Gasteiger partial charge on any atom is -0.480 e. The number of halogens is 1. The van der Waals surface area contributed by atoms with Crippen molar-refractivity contribution in [1.29, 1.82) is 0 Å². The summed E-state index contributed by atoms with van der Waals surface area (Å²) in [6, 6.07) is 1.45. The molecule has 10 heteroatoms. The Morgan fingerprint density at radius 3 is 2.67 bits per heavy atom. The van der Waals surface area contributed by atoms with Gasteiger partial charge in [0.2, 0.25) is 10.0 Å². The third-order valence-corrected chi connectivity index (χ3v) is 4.21. The van der Waals surface area contributed by atoms with Crippen LogP contribution in [0.1, 0.15) is 6.42 Å². The van der Waals surface area contributed by atoms with Gasteiger partial charge in [-0.25, -0.2) is 8.42 Å². The zero-order valence-electron chi connectivity index (χ0n) is 10.5. The van der Waals surface area contributed by atoms with Crippen LogP contribution in [0.3, 0.4) is 0 Å². The van der Waals surface area contributed by atoms with E-state index in [0.29, 0.717) is 0 Å². The van der Waals surface area contributed by atoms with E-state index in [0.717, 1.165) is 18.2 Å². The van der Waals surface area contributed by atoms with Crippen LogP contribution in [0.5, 0.6) is 0 Å². The molecule has 0 saturated carbocycles. The second kappa shape index (κ2) is 6.66. The van der Waals surface area contributed by atoms with Crippen LogP contribution in [0.2, 0.25) is 5.02 Å². The lowest BCUT2D eigenvalue weighted by atomic mass is 10.2. The first-order valence-corrected chi connectivity index (χ1v) is 7.35. The van der Waals surface area contributed by atoms with E-state index in [1.807, 2.05) is 4.72 Å². The predicted molar refractivity (Wildman–Crippen MR) is 74.7 cm³/mol. The Morgan fingerprint density at radius 1 is 1.57 bits per heavy atom. The van der Waals surface area contributed by atoms with E-state index >= 15 is 0 Å². The van der Waals surface area contributed by atoms with Gasteiger partial charge in [0.25, 0.3) is 5.69 Å². The van der Waals surface area contributed by atoms with Crippen molar-refractivity contribution < 1.29 is 23.2 Å². The molecule has 0 radical (unpaired) electrons. The van der Waals surface area contributed by atoms with Crippen molar-refractivity contribution in [3.8, 4) is 0 Å². The number of carbonyl (C=O) groups is 1. The molecule has 1 aromatic carbocycles. The third-order valence-electron chi connectivity index (χ3n) is 2.42. The zero-order chi connectivity index (χ0) is 16.2. The van der Waals surface area contributed by atoms with Crippen LogP contribution in [0, 0.1) is 10.1 Å². The SMILES string of the molecule is C=CCC(NS(=O)(=O)c1ccc(Cl)c([N+](=O)[O-])c1)C(=O)O. The van der Waals surface area contributed by atoms with Gasteiger partial charge in [0.05, 0.1) is 9.82 Å². The number of benzene rings is 1. The predicted octanol–water partition coefficient (Wildman–Crippen LogP) is 1.56. The van der Waals surface area contributed by atoms with Crippen LogP contribution in [-0.4, -0.2) is 30.5 Å². The molecule has 0 heterocycles. The minimum atomic E-state index is -4.24. The third kappa shape index (κ3) is 4.25. The number of hydrogen-bond donors (Lipinski definition) is 2. The number of nitrogens with one attached hydrogen (secondary N) is 1. The van der Waals surface area contributed by atoms with E-state index in [1.54, 1.807) is 0 Å². The lowest BCUT2D eigenvalue weighted by Crippen LogP contribution is -2.40. The number of nitro groups is 1. The fourth-order valence-electron chi connectivity index (χ4n) is 1.42. The van der Waals surface area contributed by atoms with Crippen molar-refractivity contribution in [1.82, 2.24) is 4.72 Å². The molecule has 0 saturated heterocycles. The summed E-state index contributed by atoms with van der Waals surface area (Å²) in [7, 11) is -4.24. The van der Waals surface area contributed by atoms with Crippen molar-refractivity contribution in [2.45, 2.75) is 17.4 Å². The number of hydrogen-bond acceptors (Lipinski definition) is 5. The van der Waals surface area contributed by atoms with Gasteiger partial charge in [-0.05, 0) is 18.6 Å². The molecule has 0 amide bonds. The van der Waals surface area contributed by atoms with Crippen LogP contribution in [0.4, 0.5) is 5.69 Å². The number of sulfonamides is 1. The molecule has 114 valence electrons. The smallest absolute Gasteiger partial charge is 0.322 e. The van der Waals surface area contributed by atoms with Gasteiger partial charge < -0.3 is 5.11 Å². The van der Waals surface area contributed by atoms with Crippen LogP contribution in [0.25, 0.3) is 0 Å². The highest BCUT2D eigenvalue weighted by molar-refractivity contribution is 7.89. The van der Waals surface area contributed by atoms with Crippen molar-refractivity contribution in [3.05, 3.63) is 46.0 Å². The van der Waals surface area contributed by atoms with Gasteiger partial charge in [-0.2, -0.15) is 4.72 Å². The number of nitro benzene ring substituents is 1. The molecule has 2 N–H and O–H groups in total. The Balaban J connectivity index is 3.19. The zero-order valence-corrected chi connectivity index (χ0v) is 12.1. The average Bonchev–Trinajstić information content (AvgIpc) is 2.37. The quantitative estimate of drug-likeness (QED) is 0.442. The molecule has 0 aliphatic rings. The van der Waals surface area contributed by atoms with Crippen LogP contribution in [-0.2, 0) is 14.8 Å². The molecule has 8 nitrogen and oxygen atoms in total. The molecule has 0 aromatic heterocycles. The first kappa shape index (κ1) is 17.1. The highest BCUT2D eigenvalue weighted by Crippen LogP contribution is 2.27. The molecule has 0 fully saturated rings. The molecule has 1 atom stereocenters. The van der Waals surface area contributed by atoms with Crippen LogP contribution in [0.15, 0.2) is 35.7 Å². The van der Waals surface area contributed by atoms with Gasteiger partial charge >= 0.3 is 5.97 Å². The normalized spacial score (nSPS) is 12.6. The monoisotopic (exact) mass is 334 g/mol. The highest BCUT2D eigenvalue weighted by Gasteiger charge is 2.26. The summed E-state index contributed by atoms with van der Waals surface area (Å²) >= 11 is 5.58. The van der Waals surface area contributed by atoms with Gasteiger partial charge in [0.1, 0.15) is 11.1 Å². The van der Waals surface area contributed by atoms with Crippen molar-refractivity contribution >= 4 is 33.3 Å². The van der Waals surface area contributed by atoms with Crippen molar-refractivity contribution in [3.63, 3.8) is 0 Å². The molecule has 0 aliphatic carbocycles. The first-order valence-electron chi connectivity index (χ1n) is 5.49. The topological polar surface area (TPSA) is 127 Å². The summed E-state index contributed by atoms with van der Waals surface area (Å²) < 4.78 is 26.0. The van der Waals surface area contributed by atoms with E-state index < -0.39 is 37.5 Å². The van der Waals surface area contributed by atoms with E-state index in [2.05, 4.69) is 6.58 Å². The number of aliphatic carboxylic acids is 1. The Labute approximate surface area is 125 Å². The van der Waals surface area contributed by atoms with E-state index in [-0.39, 0.29) is 11.4 Å². The Hall–Kier alpha value is -1.97. The first-order chi connectivity index (χ1) is 9.69. The number of carboxylic acids is 1. The maximum absolute atomic E-state index is 12.0. The minimum absolute atomic E-state index is 0.135. The summed E-state index contributed by atoms with van der Waals surface area (Å²) in [4.78, 5) is 20.4. The lowest BCUT2D eigenvalue weighted by Gasteiger charge is -2.13. The Morgan fingerprint density at radius 2 is 2.19 bits per heavy atom. The van der Waals surface area contributed by atoms with Gasteiger partial charge in [-0.1, -0.05) is 17.7 Å². The van der Waals surface area contributed by atoms with Crippen LogP contribution >= 0.6 is 11.6 Å². The fraction of sp³-hybridized carbons (Fsp3) is 0.182. The van der Waals surface area contributed by atoms with E-state index in [9.17, 15) is 23.3 Å². The van der Waals surface area contributed by atoms with Gasteiger partial charge in [0, 0.05) is 6.07 Å². The average molecular weight is 335 g/mol. The molecule has 0 spiro atoms. The van der Waals surface area contributed by atoms with Gasteiger partial charge in [-0.3, -0.25) is 14.9 Å². The second-order valence-electron chi connectivity index (χ2n) is 3.91. The van der Waals surface area contributed by atoms with E-state index in [4.69, 9.17) is 16.7 Å². The van der Waals surface area contributed by atoms with E-state index in [1.165, 1.54) is 6.08 Å². The van der Waals surface area contributed by atoms with Crippen molar-refractivity contribution in [2.24, 2.45) is 0 Å².